The zero-order chi connectivity index (χ0) is 12.5. The molecule has 0 N–H and O–H groups in total. The van der Waals surface area contributed by atoms with E-state index in [1.807, 2.05) is 14.1 Å². The summed E-state index contributed by atoms with van der Waals surface area (Å²) in [6, 6.07) is 1.77. The summed E-state index contributed by atoms with van der Waals surface area (Å²) in [5.41, 5.74) is 0.370. The van der Waals surface area contributed by atoms with Crippen LogP contribution in [0.4, 0.5) is 0 Å². The Morgan fingerprint density at radius 2 is 2.29 bits per heavy atom. The van der Waals surface area contributed by atoms with Gasteiger partial charge in [0, 0.05) is 0 Å². The Balaban J connectivity index is 2.31. The SMILES string of the molecule is CC1CCCC(C(=O)c2ccoc2)(N(C)C)C1. The molecule has 0 radical (unpaired) electrons. The number of hydrogen-bond donors (Lipinski definition) is 0. The highest BCUT2D eigenvalue weighted by Crippen LogP contribution is 2.38. The van der Waals surface area contributed by atoms with Gasteiger partial charge in [0.1, 0.15) is 6.26 Å². The quantitative estimate of drug-likeness (QED) is 0.755. The van der Waals surface area contributed by atoms with Crippen LogP contribution in [0.5, 0.6) is 0 Å². The number of carbonyl (C=O) groups is 1. The van der Waals surface area contributed by atoms with Crippen molar-refractivity contribution >= 4 is 5.78 Å². The summed E-state index contributed by atoms with van der Waals surface area (Å²) in [6.45, 7) is 2.24. The largest absolute Gasteiger partial charge is 0.472 e. The van der Waals surface area contributed by atoms with E-state index < -0.39 is 0 Å². The number of carbonyl (C=O) groups excluding carboxylic acids is 1. The van der Waals surface area contributed by atoms with Crippen molar-refractivity contribution in [2.45, 2.75) is 38.1 Å². The van der Waals surface area contributed by atoms with Gasteiger partial charge in [-0.25, -0.2) is 0 Å². The molecule has 3 heteroatoms. The summed E-state index contributed by atoms with van der Waals surface area (Å²) in [6.07, 6.45) is 7.39. The molecule has 2 rings (SSSR count). The summed E-state index contributed by atoms with van der Waals surface area (Å²) in [4.78, 5) is 14.8. The Morgan fingerprint density at radius 3 is 2.82 bits per heavy atom. The van der Waals surface area contributed by atoms with Crippen molar-refractivity contribution in [1.82, 2.24) is 4.90 Å². The molecule has 0 bridgehead atoms. The molecular formula is C14H21NO2. The Morgan fingerprint density at radius 1 is 1.53 bits per heavy atom. The third kappa shape index (κ3) is 2.16. The summed E-state index contributed by atoms with van der Waals surface area (Å²) < 4.78 is 5.04. The van der Waals surface area contributed by atoms with Gasteiger partial charge >= 0.3 is 0 Å². The van der Waals surface area contributed by atoms with Crippen molar-refractivity contribution in [2.24, 2.45) is 5.92 Å². The average molecular weight is 235 g/mol. The van der Waals surface area contributed by atoms with E-state index in [4.69, 9.17) is 4.42 Å². The summed E-state index contributed by atoms with van der Waals surface area (Å²) in [7, 11) is 4.02. The zero-order valence-electron chi connectivity index (χ0n) is 10.9. The lowest BCUT2D eigenvalue weighted by Gasteiger charge is -2.43. The highest BCUT2D eigenvalue weighted by Gasteiger charge is 2.44. The Bertz CT molecular complexity index is 383. The first-order valence-corrected chi connectivity index (χ1v) is 6.31. The first-order valence-electron chi connectivity index (χ1n) is 6.31. The van der Waals surface area contributed by atoms with Crippen molar-refractivity contribution in [3.8, 4) is 0 Å². The molecule has 0 aliphatic heterocycles. The number of nitrogens with zero attached hydrogens (tertiary/aromatic N) is 1. The van der Waals surface area contributed by atoms with Gasteiger partial charge in [0.05, 0.1) is 17.4 Å². The number of ketones is 1. The van der Waals surface area contributed by atoms with Gasteiger partial charge < -0.3 is 4.42 Å². The molecule has 1 fully saturated rings. The van der Waals surface area contributed by atoms with Gasteiger partial charge in [-0.05, 0) is 38.9 Å². The van der Waals surface area contributed by atoms with Gasteiger partial charge in [-0.2, -0.15) is 0 Å². The summed E-state index contributed by atoms with van der Waals surface area (Å²) in [5, 5.41) is 0. The lowest BCUT2D eigenvalue weighted by atomic mass is 9.72. The van der Waals surface area contributed by atoms with Crippen LogP contribution in [0.25, 0.3) is 0 Å². The fourth-order valence-corrected chi connectivity index (χ4v) is 3.00. The number of likely N-dealkylation sites (N-methyl/N-ethyl adjacent to an activating group) is 1. The van der Waals surface area contributed by atoms with E-state index in [0.717, 1.165) is 19.3 Å². The van der Waals surface area contributed by atoms with E-state index in [9.17, 15) is 4.79 Å². The van der Waals surface area contributed by atoms with E-state index in [0.29, 0.717) is 11.5 Å². The van der Waals surface area contributed by atoms with Gasteiger partial charge in [-0.3, -0.25) is 9.69 Å². The van der Waals surface area contributed by atoms with E-state index in [1.54, 1.807) is 18.6 Å². The van der Waals surface area contributed by atoms with Crippen molar-refractivity contribution in [2.75, 3.05) is 14.1 Å². The molecule has 2 unspecified atom stereocenters. The van der Waals surface area contributed by atoms with E-state index >= 15 is 0 Å². The number of hydrogen-bond acceptors (Lipinski definition) is 3. The number of rotatable bonds is 3. The maximum atomic E-state index is 12.7. The zero-order valence-corrected chi connectivity index (χ0v) is 10.9. The monoisotopic (exact) mass is 235 g/mol. The molecule has 2 atom stereocenters. The van der Waals surface area contributed by atoms with Crippen molar-refractivity contribution < 1.29 is 9.21 Å². The van der Waals surface area contributed by atoms with E-state index in [2.05, 4.69) is 11.8 Å². The molecule has 3 nitrogen and oxygen atoms in total. The van der Waals surface area contributed by atoms with Gasteiger partial charge in [0.25, 0.3) is 0 Å². The van der Waals surface area contributed by atoms with E-state index in [1.165, 1.54) is 6.42 Å². The normalized spacial score (nSPS) is 29.5. The molecule has 0 saturated heterocycles. The third-order valence-corrected chi connectivity index (χ3v) is 4.04. The average Bonchev–Trinajstić information content (AvgIpc) is 2.81. The van der Waals surface area contributed by atoms with Gasteiger partial charge in [0.2, 0.25) is 0 Å². The van der Waals surface area contributed by atoms with Gasteiger partial charge in [0.15, 0.2) is 5.78 Å². The van der Waals surface area contributed by atoms with Crippen LogP contribution in [-0.4, -0.2) is 30.3 Å². The summed E-state index contributed by atoms with van der Waals surface area (Å²) >= 11 is 0. The van der Waals surface area contributed by atoms with Crippen LogP contribution in [-0.2, 0) is 0 Å². The van der Waals surface area contributed by atoms with Crippen molar-refractivity contribution in [3.05, 3.63) is 24.2 Å². The van der Waals surface area contributed by atoms with Crippen LogP contribution in [0.1, 0.15) is 43.0 Å². The highest BCUT2D eigenvalue weighted by molar-refractivity contribution is 6.03. The predicted molar refractivity (Wildman–Crippen MR) is 67.1 cm³/mol. The van der Waals surface area contributed by atoms with Crippen LogP contribution in [0.15, 0.2) is 23.0 Å². The topological polar surface area (TPSA) is 33.5 Å². The van der Waals surface area contributed by atoms with Crippen LogP contribution in [0.2, 0.25) is 0 Å². The molecule has 1 aromatic rings. The van der Waals surface area contributed by atoms with Crippen LogP contribution < -0.4 is 0 Å². The minimum atomic E-state index is -0.332. The first-order chi connectivity index (χ1) is 8.06. The molecule has 1 saturated carbocycles. The molecule has 1 aliphatic rings. The van der Waals surface area contributed by atoms with Crippen molar-refractivity contribution in [1.29, 1.82) is 0 Å². The standard InChI is InChI=1S/C14H21NO2/c1-11-5-4-7-14(9-11,15(2)3)13(16)12-6-8-17-10-12/h6,8,10-11H,4-5,7,9H2,1-3H3. The Labute approximate surface area is 103 Å². The van der Waals surface area contributed by atoms with Gasteiger partial charge in [-0.15, -0.1) is 0 Å². The molecule has 0 amide bonds. The lowest BCUT2D eigenvalue weighted by Crippen LogP contribution is -2.53. The first kappa shape index (κ1) is 12.4. The number of furan rings is 1. The fourth-order valence-electron chi connectivity index (χ4n) is 3.00. The maximum absolute atomic E-state index is 12.7. The second-order valence-corrected chi connectivity index (χ2v) is 5.47. The molecular weight excluding hydrogens is 214 g/mol. The predicted octanol–water partition coefficient (Wildman–Crippen LogP) is 2.97. The summed E-state index contributed by atoms with van der Waals surface area (Å²) in [5.74, 6) is 0.824. The smallest absolute Gasteiger partial charge is 0.186 e. The molecule has 1 heterocycles. The molecule has 1 aromatic heterocycles. The maximum Gasteiger partial charge on any atom is 0.186 e. The second kappa shape index (κ2) is 4.65. The van der Waals surface area contributed by atoms with Gasteiger partial charge in [-0.1, -0.05) is 19.8 Å². The minimum Gasteiger partial charge on any atom is -0.472 e. The molecule has 0 aromatic carbocycles. The lowest BCUT2D eigenvalue weighted by molar-refractivity contribution is 0.0485. The highest BCUT2D eigenvalue weighted by atomic mass is 16.3. The van der Waals surface area contributed by atoms with Crippen LogP contribution in [0, 0.1) is 5.92 Å². The van der Waals surface area contributed by atoms with Crippen LogP contribution in [0.3, 0.4) is 0 Å². The second-order valence-electron chi connectivity index (χ2n) is 5.47. The molecule has 0 spiro atoms. The minimum absolute atomic E-state index is 0.211. The van der Waals surface area contributed by atoms with Crippen molar-refractivity contribution in [3.63, 3.8) is 0 Å². The Hall–Kier alpha value is -1.09. The molecule has 1 aliphatic carbocycles. The molecule has 17 heavy (non-hydrogen) atoms. The fraction of sp³-hybridized carbons (Fsp3) is 0.643. The van der Waals surface area contributed by atoms with E-state index in [-0.39, 0.29) is 11.3 Å². The molecule has 94 valence electrons. The van der Waals surface area contributed by atoms with Crippen LogP contribution >= 0.6 is 0 Å². The third-order valence-electron chi connectivity index (χ3n) is 4.04. The Kier molecular flexibility index (Phi) is 3.38. The number of Topliss-reactive ketones (excluding diaryl/α,β-unsaturated/α-hetero) is 1.